The number of carbonyl (C=O) groups is 1. The van der Waals surface area contributed by atoms with Gasteiger partial charge in [-0.3, -0.25) is 5.32 Å². The molecule has 0 spiro atoms. The fourth-order valence-corrected chi connectivity index (χ4v) is 2.70. The fourth-order valence-electron chi connectivity index (χ4n) is 2.70. The topological polar surface area (TPSA) is 52.6 Å². The maximum Gasteiger partial charge on any atom is 0.407 e. The number of hydrogen-bond acceptors (Lipinski definition) is 2. The van der Waals surface area contributed by atoms with Crippen LogP contribution in [0.1, 0.15) is 6.42 Å². The molecular formula is C12H14N2O2. The highest BCUT2D eigenvalue weighted by Gasteiger charge is 2.35. The summed E-state index contributed by atoms with van der Waals surface area (Å²) in [7, 11) is 0. The number of amides is 1. The minimum Gasteiger partial charge on any atom is -0.465 e. The van der Waals surface area contributed by atoms with Gasteiger partial charge in [-0.15, -0.1) is 0 Å². The Bertz CT molecular complexity index is 423. The molecule has 16 heavy (non-hydrogen) atoms. The van der Waals surface area contributed by atoms with Crippen LogP contribution in [-0.2, 0) is 0 Å². The lowest BCUT2D eigenvalue weighted by Gasteiger charge is -2.30. The number of piperidine rings is 1. The summed E-state index contributed by atoms with van der Waals surface area (Å²) in [4.78, 5) is 12.4. The number of nitrogens with zero attached hydrogens (tertiary/aromatic N) is 1. The average Bonchev–Trinajstić information content (AvgIpc) is 2.66. The molecule has 1 amide bonds. The lowest BCUT2D eigenvalue weighted by atomic mass is 9.95. The number of hydrogen-bond donors (Lipinski definition) is 2. The van der Waals surface area contributed by atoms with Crippen LogP contribution in [-0.4, -0.2) is 41.3 Å². The van der Waals surface area contributed by atoms with Crippen LogP contribution in [0, 0.1) is 0 Å². The van der Waals surface area contributed by atoms with E-state index >= 15 is 0 Å². The molecule has 0 aromatic carbocycles. The van der Waals surface area contributed by atoms with Crippen molar-refractivity contribution in [3.8, 4) is 0 Å². The SMILES string of the molecule is O=C(O)N1CCC2NC3C=CC=CC3=C2C1. The van der Waals surface area contributed by atoms with Crippen molar-refractivity contribution in [3.05, 3.63) is 35.5 Å². The number of rotatable bonds is 0. The number of allylic oxidation sites excluding steroid dienone is 2. The van der Waals surface area contributed by atoms with Crippen LogP contribution < -0.4 is 5.32 Å². The zero-order chi connectivity index (χ0) is 11.1. The third kappa shape index (κ3) is 1.38. The van der Waals surface area contributed by atoms with E-state index in [1.165, 1.54) is 16.0 Å². The van der Waals surface area contributed by atoms with Crippen LogP contribution in [0.5, 0.6) is 0 Å². The second-order valence-corrected chi connectivity index (χ2v) is 4.41. The molecule has 0 aromatic heterocycles. The smallest absolute Gasteiger partial charge is 0.407 e. The molecule has 2 aliphatic heterocycles. The van der Waals surface area contributed by atoms with Crippen molar-refractivity contribution in [2.75, 3.05) is 13.1 Å². The van der Waals surface area contributed by atoms with E-state index in [0.717, 1.165) is 6.42 Å². The van der Waals surface area contributed by atoms with E-state index in [0.29, 0.717) is 25.2 Å². The monoisotopic (exact) mass is 218 g/mol. The van der Waals surface area contributed by atoms with E-state index in [4.69, 9.17) is 5.11 Å². The second kappa shape index (κ2) is 3.49. The summed E-state index contributed by atoms with van der Waals surface area (Å²) in [5.74, 6) is 0. The van der Waals surface area contributed by atoms with E-state index < -0.39 is 6.09 Å². The van der Waals surface area contributed by atoms with Gasteiger partial charge in [0.15, 0.2) is 0 Å². The van der Waals surface area contributed by atoms with E-state index in [-0.39, 0.29) is 0 Å². The van der Waals surface area contributed by atoms with Crippen molar-refractivity contribution >= 4 is 6.09 Å². The molecule has 3 aliphatic rings. The zero-order valence-electron chi connectivity index (χ0n) is 8.89. The normalized spacial score (nSPS) is 31.6. The predicted molar refractivity (Wildman–Crippen MR) is 60.2 cm³/mol. The van der Waals surface area contributed by atoms with Crippen LogP contribution >= 0.6 is 0 Å². The molecule has 0 saturated carbocycles. The van der Waals surface area contributed by atoms with Crippen molar-refractivity contribution in [2.45, 2.75) is 18.5 Å². The minimum absolute atomic E-state index is 0.291. The Labute approximate surface area is 93.9 Å². The van der Waals surface area contributed by atoms with Crippen LogP contribution in [0.2, 0.25) is 0 Å². The first-order valence-corrected chi connectivity index (χ1v) is 5.57. The van der Waals surface area contributed by atoms with Crippen molar-refractivity contribution in [1.82, 2.24) is 10.2 Å². The highest BCUT2D eigenvalue weighted by atomic mass is 16.4. The van der Waals surface area contributed by atoms with Gasteiger partial charge in [-0.1, -0.05) is 24.3 Å². The molecule has 3 rings (SSSR count). The summed E-state index contributed by atoms with van der Waals surface area (Å²) < 4.78 is 0. The Balaban J connectivity index is 1.91. The first-order valence-electron chi connectivity index (χ1n) is 5.57. The molecule has 2 heterocycles. The molecule has 1 aliphatic carbocycles. The first kappa shape index (κ1) is 9.66. The molecular weight excluding hydrogens is 204 g/mol. The molecule has 2 N–H and O–H groups in total. The molecule has 4 heteroatoms. The number of fused-ring (bicyclic) bond motifs is 2. The molecule has 1 fully saturated rings. The van der Waals surface area contributed by atoms with Crippen molar-refractivity contribution in [3.63, 3.8) is 0 Å². The lowest BCUT2D eigenvalue weighted by Crippen LogP contribution is -2.44. The van der Waals surface area contributed by atoms with Crippen molar-refractivity contribution in [1.29, 1.82) is 0 Å². The molecule has 0 radical (unpaired) electrons. The third-order valence-corrected chi connectivity index (χ3v) is 3.52. The standard InChI is InChI=1S/C12H14N2O2/c15-12(16)14-6-5-11-9(7-14)8-3-1-2-4-10(8)13-11/h1-4,10-11,13H,5-7H2,(H,15,16). The quantitative estimate of drug-likeness (QED) is 0.641. The molecule has 1 saturated heterocycles. The molecule has 0 aromatic rings. The zero-order valence-corrected chi connectivity index (χ0v) is 8.89. The fraction of sp³-hybridized carbons (Fsp3) is 0.417. The van der Waals surface area contributed by atoms with Crippen LogP contribution in [0.4, 0.5) is 4.79 Å². The van der Waals surface area contributed by atoms with E-state index in [9.17, 15) is 4.79 Å². The van der Waals surface area contributed by atoms with E-state index in [1.54, 1.807) is 0 Å². The maximum atomic E-state index is 11.0. The average molecular weight is 218 g/mol. The largest absolute Gasteiger partial charge is 0.465 e. The van der Waals surface area contributed by atoms with E-state index in [2.05, 4.69) is 17.5 Å². The Morgan fingerprint density at radius 2 is 2.38 bits per heavy atom. The Morgan fingerprint density at radius 1 is 1.50 bits per heavy atom. The van der Waals surface area contributed by atoms with Gasteiger partial charge in [0, 0.05) is 19.1 Å². The van der Waals surface area contributed by atoms with Gasteiger partial charge in [-0.05, 0) is 17.6 Å². The van der Waals surface area contributed by atoms with Crippen LogP contribution in [0.25, 0.3) is 0 Å². The number of likely N-dealkylation sites (tertiary alicyclic amines) is 1. The van der Waals surface area contributed by atoms with Crippen LogP contribution in [0.3, 0.4) is 0 Å². The second-order valence-electron chi connectivity index (χ2n) is 4.41. The van der Waals surface area contributed by atoms with Crippen molar-refractivity contribution < 1.29 is 9.90 Å². The molecule has 2 atom stereocenters. The van der Waals surface area contributed by atoms with Gasteiger partial charge >= 0.3 is 6.09 Å². The minimum atomic E-state index is -0.815. The molecule has 0 bridgehead atoms. The molecule has 84 valence electrons. The highest BCUT2D eigenvalue weighted by Crippen LogP contribution is 2.31. The predicted octanol–water partition coefficient (Wildman–Crippen LogP) is 1.13. The summed E-state index contributed by atoms with van der Waals surface area (Å²) in [5, 5.41) is 12.5. The molecule has 2 unspecified atom stereocenters. The first-order chi connectivity index (χ1) is 7.75. The van der Waals surface area contributed by atoms with E-state index in [1.807, 2.05) is 12.2 Å². The third-order valence-electron chi connectivity index (χ3n) is 3.52. The summed E-state index contributed by atoms with van der Waals surface area (Å²) in [6.07, 6.45) is 8.34. The summed E-state index contributed by atoms with van der Waals surface area (Å²) in [6.45, 7) is 1.18. The van der Waals surface area contributed by atoms with Gasteiger partial charge in [0.1, 0.15) is 0 Å². The van der Waals surface area contributed by atoms with Gasteiger partial charge in [0.2, 0.25) is 0 Å². The summed E-state index contributed by atoms with van der Waals surface area (Å²) in [5.41, 5.74) is 2.51. The number of nitrogens with one attached hydrogen (secondary N) is 1. The van der Waals surface area contributed by atoms with Gasteiger partial charge in [-0.25, -0.2) is 4.79 Å². The Hall–Kier alpha value is -1.55. The Morgan fingerprint density at radius 3 is 3.19 bits per heavy atom. The number of carboxylic acid groups (broad SMARTS) is 1. The van der Waals surface area contributed by atoms with Gasteiger partial charge in [0.05, 0.1) is 6.04 Å². The summed E-state index contributed by atoms with van der Waals surface area (Å²) in [6, 6.07) is 0.654. The van der Waals surface area contributed by atoms with Gasteiger partial charge in [0.25, 0.3) is 0 Å². The Kier molecular flexibility index (Phi) is 2.11. The van der Waals surface area contributed by atoms with Crippen molar-refractivity contribution in [2.24, 2.45) is 0 Å². The van der Waals surface area contributed by atoms with Gasteiger partial charge < -0.3 is 10.0 Å². The lowest BCUT2D eigenvalue weighted by molar-refractivity contribution is 0.141. The maximum absolute atomic E-state index is 11.0. The summed E-state index contributed by atoms with van der Waals surface area (Å²) >= 11 is 0. The highest BCUT2D eigenvalue weighted by molar-refractivity contribution is 5.66. The van der Waals surface area contributed by atoms with Crippen LogP contribution in [0.15, 0.2) is 35.5 Å². The molecule has 4 nitrogen and oxygen atoms in total. The van der Waals surface area contributed by atoms with Gasteiger partial charge in [-0.2, -0.15) is 0 Å².